The van der Waals surface area contributed by atoms with Gasteiger partial charge in [-0.15, -0.1) is 0 Å². The summed E-state index contributed by atoms with van der Waals surface area (Å²) in [7, 11) is 1.63. The van der Waals surface area contributed by atoms with Crippen LogP contribution in [0.1, 0.15) is 22.3 Å². The third kappa shape index (κ3) is 5.01. The van der Waals surface area contributed by atoms with Gasteiger partial charge in [0.1, 0.15) is 5.75 Å². The monoisotopic (exact) mass is 328 g/mol. The van der Waals surface area contributed by atoms with Crippen LogP contribution in [0, 0.1) is 0 Å². The van der Waals surface area contributed by atoms with Crippen LogP contribution in [-0.2, 0) is 6.54 Å². The number of amides is 1. The van der Waals surface area contributed by atoms with Crippen molar-refractivity contribution >= 4 is 17.6 Å². The van der Waals surface area contributed by atoms with Crippen LogP contribution >= 0.6 is 0 Å². The zero-order chi connectivity index (χ0) is 17.4. The van der Waals surface area contributed by atoms with Crippen LogP contribution in [0.4, 0.5) is 10.5 Å². The molecule has 0 fully saturated rings. The van der Waals surface area contributed by atoms with Crippen LogP contribution in [0.15, 0.2) is 48.5 Å². The van der Waals surface area contributed by atoms with Crippen molar-refractivity contribution in [3.63, 3.8) is 0 Å². The lowest BCUT2D eigenvalue weighted by Crippen LogP contribution is -2.23. The molecule has 24 heavy (non-hydrogen) atoms. The average molecular weight is 328 g/mol. The Bertz CT molecular complexity index is 716. The second-order valence-corrected chi connectivity index (χ2v) is 5.15. The molecule has 0 aliphatic carbocycles. The van der Waals surface area contributed by atoms with Gasteiger partial charge in [0.25, 0.3) is 0 Å². The number of carbonyl (C=O) groups excluding carboxylic acids is 1. The molecule has 3 N–H and O–H groups in total. The van der Waals surface area contributed by atoms with Gasteiger partial charge in [-0.25, -0.2) is 4.79 Å². The van der Waals surface area contributed by atoms with Crippen molar-refractivity contribution in [1.82, 2.24) is 5.32 Å². The van der Waals surface area contributed by atoms with Gasteiger partial charge >= 0.3 is 6.09 Å². The van der Waals surface area contributed by atoms with Crippen molar-refractivity contribution in [2.75, 3.05) is 19.0 Å². The maximum Gasteiger partial charge on any atom is 0.404 e. The molecule has 0 aliphatic heterocycles. The second-order valence-electron chi connectivity index (χ2n) is 5.15. The van der Waals surface area contributed by atoms with Crippen LogP contribution in [0.25, 0.3) is 0 Å². The van der Waals surface area contributed by atoms with E-state index in [0.29, 0.717) is 12.1 Å². The van der Waals surface area contributed by atoms with E-state index < -0.39 is 6.09 Å². The molecule has 6 nitrogen and oxygen atoms in total. The predicted molar refractivity (Wildman–Crippen MR) is 91.7 cm³/mol. The van der Waals surface area contributed by atoms with Crippen LogP contribution in [0.2, 0.25) is 0 Å². The molecule has 0 saturated carbocycles. The Hall–Kier alpha value is -3.02. The van der Waals surface area contributed by atoms with Gasteiger partial charge in [-0.3, -0.25) is 4.79 Å². The first-order valence-corrected chi connectivity index (χ1v) is 7.56. The fraction of sp³-hybridized carbons (Fsp3) is 0.222. The number of Topliss-reactive ketones (excluding diaryl/α,β-unsaturated/α-hetero) is 1. The van der Waals surface area contributed by atoms with Gasteiger partial charge in [-0.05, 0) is 18.2 Å². The number of para-hydroxylation sites is 1. The van der Waals surface area contributed by atoms with Crippen molar-refractivity contribution in [3.8, 4) is 5.75 Å². The quantitative estimate of drug-likeness (QED) is 0.648. The highest BCUT2D eigenvalue weighted by atomic mass is 16.5. The van der Waals surface area contributed by atoms with Gasteiger partial charge in [-0.1, -0.05) is 30.3 Å². The first-order chi connectivity index (χ1) is 11.6. The second kappa shape index (κ2) is 8.57. The molecule has 126 valence electrons. The van der Waals surface area contributed by atoms with Crippen molar-refractivity contribution in [2.24, 2.45) is 0 Å². The minimum Gasteiger partial charge on any atom is -0.496 e. The van der Waals surface area contributed by atoms with Gasteiger partial charge in [0, 0.05) is 36.3 Å². The van der Waals surface area contributed by atoms with Gasteiger partial charge < -0.3 is 20.5 Å². The topological polar surface area (TPSA) is 87.7 Å². The number of ether oxygens (including phenoxy) is 1. The molecule has 0 heterocycles. The van der Waals surface area contributed by atoms with Crippen LogP contribution in [0.5, 0.6) is 5.75 Å². The van der Waals surface area contributed by atoms with Crippen molar-refractivity contribution in [1.29, 1.82) is 0 Å². The molecule has 0 radical (unpaired) electrons. The lowest BCUT2D eigenvalue weighted by molar-refractivity contribution is 0.0983. The van der Waals surface area contributed by atoms with Gasteiger partial charge in [0.05, 0.1) is 7.11 Å². The molecule has 0 unspecified atom stereocenters. The Morgan fingerprint density at radius 2 is 1.92 bits per heavy atom. The number of rotatable bonds is 8. The lowest BCUT2D eigenvalue weighted by atomic mass is 10.1. The minimum absolute atomic E-state index is 0.104. The van der Waals surface area contributed by atoms with Crippen molar-refractivity contribution in [2.45, 2.75) is 13.0 Å². The van der Waals surface area contributed by atoms with E-state index in [1.807, 2.05) is 30.3 Å². The summed E-state index contributed by atoms with van der Waals surface area (Å²) in [5, 5.41) is 14.0. The molecule has 0 bridgehead atoms. The van der Waals surface area contributed by atoms with E-state index in [9.17, 15) is 9.59 Å². The Kier molecular flexibility index (Phi) is 6.19. The van der Waals surface area contributed by atoms with E-state index in [1.165, 1.54) is 0 Å². The fourth-order valence-electron chi connectivity index (χ4n) is 2.28. The molecule has 0 saturated heterocycles. The van der Waals surface area contributed by atoms with Crippen LogP contribution in [0.3, 0.4) is 0 Å². The van der Waals surface area contributed by atoms with E-state index in [-0.39, 0.29) is 18.7 Å². The number of hydrogen-bond acceptors (Lipinski definition) is 4. The van der Waals surface area contributed by atoms with Crippen LogP contribution in [-0.4, -0.2) is 30.6 Å². The average Bonchev–Trinajstić information content (AvgIpc) is 2.60. The maximum absolute atomic E-state index is 12.1. The molecule has 2 aromatic carbocycles. The van der Waals surface area contributed by atoms with E-state index in [2.05, 4.69) is 10.6 Å². The molecule has 2 aromatic rings. The van der Waals surface area contributed by atoms with E-state index in [4.69, 9.17) is 9.84 Å². The number of anilines is 1. The van der Waals surface area contributed by atoms with Crippen molar-refractivity contribution < 1.29 is 19.4 Å². The normalized spacial score (nSPS) is 10.0. The Labute approximate surface area is 140 Å². The molecule has 0 aliphatic rings. The number of methoxy groups -OCH3 is 1. The predicted octanol–water partition coefficient (Wildman–Crippen LogP) is 3.15. The van der Waals surface area contributed by atoms with E-state index in [0.717, 1.165) is 17.0 Å². The fourth-order valence-corrected chi connectivity index (χ4v) is 2.28. The zero-order valence-electron chi connectivity index (χ0n) is 13.4. The van der Waals surface area contributed by atoms with Crippen molar-refractivity contribution in [3.05, 3.63) is 59.7 Å². The summed E-state index contributed by atoms with van der Waals surface area (Å²) in [6.45, 7) is 0.676. The van der Waals surface area contributed by atoms with Gasteiger partial charge in [0.2, 0.25) is 0 Å². The SMILES string of the molecule is COc1ccccc1CNc1cccc(C(=O)CCNC(=O)O)c1. The third-order valence-corrected chi connectivity index (χ3v) is 3.49. The number of nitrogens with one attached hydrogen (secondary N) is 2. The largest absolute Gasteiger partial charge is 0.496 e. The molecular weight excluding hydrogens is 308 g/mol. The Balaban J connectivity index is 1.97. The summed E-state index contributed by atoms with van der Waals surface area (Å²) < 4.78 is 5.31. The summed E-state index contributed by atoms with van der Waals surface area (Å²) in [5.74, 6) is 0.696. The minimum atomic E-state index is -1.13. The third-order valence-electron chi connectivity index (χ3n) is 3.49. The standard InChI is InChI=1S/C18H20N2O4/c1-24-17-8-3-2-5-14(17)12-20-15-7-4-6-13(11-15)16(21)9-10-19-18(22)23/h2-8,11,19-20H,9-10,12H2,1H3,(H,22,23). The number of benzene rings is 2. The molecule has 2 rings (SSSR count). The number of carbonyl (C=O) groups is 2. The highest BCUT2D eigenvalue weighted by molar-refractivity contribution is 5.97. The molecule has 0 spiro atoms. The first-order valence-electron chi connectivity index (χ1n) is 7.56. The summed E-state index contributed by atoms with van der Waals surface area (Å²) in [4.78, 5) is 22.5. The zero-order valence-corrected chi connectivity index (χ0v) is 13.4. The first kappa shape index (κ1) is 17.3. The Morgan fingerprint density at radius 1 is 1.12 bits per heavy atom. The number of ketones is 1. The van der Waals surface area contributed by atoms with E-state index >= 15 is 0 Å². The van der Waals surface area contributed by atoms with Crippen LogP contribution < -0.4 is 15.4 Å². The number of hydrogen-bond donors (Lipinski definition) is 3. The maximum atomic E-state index is 12.1. The molecule has 0 aromatic heterocycles. The van der Waals surface area contributed by atoms with E-state index in [1.54, 1.807) is 25.3 Å². The van der Waals surface area contributed by atoms with Gasteiger partial charge in [0.15, 0.2) is 5.78 Å². The molecule has 6 heteroatoms. The van der Waals surface area contributed by atoms with Gasteiger partial charge in [-0.2, -0.15) is 0 Å². The summed E-state index contributed by atoms with van der Waals surface area (Å²) in [5.41, 5.74) is 2.38. The molecular formula is C18H20N2O4. The molecule has 0 atom stereocenters. The molecule has 1 amide bonds. The lowest BCUT2D eigenvalue weighted by Gasteiger charge is -2.11. The smallest absolute Gasteiger partial charge is 0.404 e. The highest BCUT2D eigenvalue weighted by Crippen LogP contribution is 2.19. The number of carboxylic acid groups (broad SMARTS) is 1. The summed E-state index contributed by atoms with van der Waals surface area (Å²) in [6.07, 6.45) is -1.00. The highest BCUT2D eigenvalue weighted by Gasteiger charge is 2.08. The summed E-state index contributed by atoms with van der Waals surface area (Å²) >= 11 is 0. The Morgan fingerprint density at radius 3 is 2.67 bits per heavy atom. The summed E-state index contributed by atoms with van der Waals surface area (Å²) in [6, 6.07) is 14.9.